The first kappa shape index (κ1) is 14.7. The number of carbonyl (C=O) groups excluding carboxylic acids is 1. The lowest BCUT2D eigenvalue weighted by Crippen LogP contribution is -2.10. The maximum Gasteiger partial charge on any atom is 0.224 e. The zero-order chi connectivity index (χ0) is 15.2. The standard InChI is InChI=1S/C16H20N4O/c1-2-4-16(21)20-13-6-3-5-12(10-13)19-15-8-7-11(17)9-14(15)18/h3,5-10,19H,2,4,17-18H2,1H3,(H,20,21). The molecule has 2 aromatic rings. The molecular weight excluding hydrogens is 264 g/mol. The molecule has 0 saturated carbocycles. The Hall–Kier alpha value is -2.69. The molecule has 0 atom stereocenters. The topological polar surface area (TPSA) is 93.2 Å². The Kier molecular flexibility index (Phi) is 4.66. The normalized spacial score (nSPS) is 10.1. The van der Waals surface area contributed by atoms with Gasteiger partial charge in [-0.1, -0.05) is 13.0 Å². The molecule has 0 saturated heterocycles. The molecule has 0 heterocycles. The summed E-state index contributed by atoms with van der Waals surface area (Å²) in [5, 5.41) is 6.08. The first-order valence-corrected chi connectivity index (χ1v) is 6.90. The molecule has 5 nitrogen and oxygen atoms in total. The molecule has 1 amide bonds. The highest BCUT2D eigenvalue weighted by Gasteiger charge is 2.03. The molecule has 0 aliphatic heterocycles. The zero-order valence-electron chi connectivity index (χ0n) is 12.0. The van der Waals surface area contributed by atoms with Crippen LogP contribution in [0, 0.1) is 0 Å². The van der Waals surface area contributed by atoms with Gasteiger partial charge in [0, 0.05) is 23.5 Å². The number of hydrogen-bond donors (Lipinski definition) is 4. The summed E-state index contributed by atoms with van der Waals surface area (Å²) in [7, 11) is 0. The molecule has 0 aliphatic carbocycles. The van der Waals surface area contributed by atoms with E-state index in [9.17, 15) is 4.79 Å². The van der Waals surface area contributed by atoms with Gasteiger partial charge in [0.25, 0.3) is 0 Å². The maximum atomic E-state index is 11.6. The van der Waals surface area contributed by atoms with E-state index in [1.807, 2.05) is 37.3 Å². The molecule has 21 heavy (non-hydrogen) atoms. The number of benzene rings is 2. The van der Waals surface area contributed by atoms with Crippen LogP contribution in [0.25, 0.3) is 0 Å². The monoisotopic (exact) mass is 284 g/mol. The second-order valence-corrected chi connectivity index (χ2v) is 4.85. The van der Waals surface area contributed by atoms with Crippen LogP contribution in [-0.4, -0.2) is 5.91 Å². The average molecular weight is 284 g/mol. The summed E-state index contributed by atoms with van der Waals surface area (Å²) in [6.45, 7) is 1.97. The molecule has 6 N–H and O–H groups in total. The van der Waals surface area contributed by atoms with Crippen LogP contribution < -0.4 is 22.1 Å². The molecule has 110 valence electrons. The third-order valence-electron chi connectivity index (χ3n) is 2.98. The highest BCUT2D eigenvalue weighted by molar-refractivity contribution is 5.91. The summed E-state index contributed by atoms with van der Waals surface area (Å²) in [5.41, 5.74) is 15.2. The van der Waals surface area contributed by atoms with Crippen molar-refractivity contribution in [2.45, 2.75) is 19.8 Å². The first-order valence-electron chi connectivity index (χ1n) is 6.90. The number of carbonyl (C=O) groups is 1. The van der Waals surface area contributed by atoms with E-state index in [0.717, 1.165) is 23.5 Å². The van der Waals surface area contributed by atoms with E-state index >= 15 is 0 Å². The molecule has 0 unspecified atom stereocenters. The van der Waals surface area contributed by atoms with Crippen molar-refractivity contribution in [2.24, 2.45) is 0 Å². The molecule has 0 aromatic heterocycles. The van der Waals surface area contributed by atoms with Crippen molar-refractivity contribution in [1.82, 2.24) is 0 Å². The van der Waals surface area contributed by atoms with Crippen molar-refractivity contribution >= 4 is 34.3 Å². The zero-order valence-corrected chi connectivity index (χ0v) is 12.0. The number of nitrogen functional groups attached to an aromatic ring is 2. The Morgan fingerprint density at radius 3 is 2.57 bits per heavy atom. The quantitative estimate of drug-likeness (QED) is 0.633. The molecule has 0 bridgehead atoms. The van der Waals surface area contributed by atoms with Crippen LogP contribution in [0.3, 0.4) is 0 Å². The van der Waals surface area contributed by atoms with E-state index in [1.165, 1.54) is 0 Å². The number of anilines is 5. The van der Waals surface area contributed by atoms with Gasteiger partial charge in [-0.15, -0.1) is 0 Å². The van der Waals surface area contributed by atoms with E-state index in [2.05, 4.69) is 10.6 Å². The van der Waals surface area contributed by atoms with Crippen molar-refractivity contribution in [2.75, 3.05) is 22.1 Å². The van der Waals surface area contributed by atoms with Crippen LogP contribution in [0.2, 0.25) is 0 Å². The van der Waals surface area contributed by atoms with E-state index in [0.29, 0.717) is 17.8 Å². The Bertz CT molecular complexity index is 640. The lowest BCUT2D eigenvalue weighted by Gasteiger charge is -2.11. The predicted molar refractivity (Wildman–Crippen MR) is 88.5 cm³/mol. The number of amides is 1. The van der Waals surface area contributed by atoms with Gasteiger partial charge in [-0.3, -0.25) is 4.79 Å². The fourth-order valence-corrected chi connectivity index (χ4v) is 1.98. The number of nitrogens with two attached hydrogens (primary N) is 2. The molecule has 2 rings (SSSR count). The van der Waals surface area contributed by atoms with E-state index < -0.39 is 0 Å². The Morgan fingerprint density at radius 2 is 1.86 bits per heavy atom. The largest absolute Gasteiger partial charge is 0.399 e. The van der Waals surface area contributed by atoms with Gasteiger partial charge in [0.2, 0.25) is 5.91 Å². The molecule has 0 radical (unpaired) electrons. The van der Waals surface area contributed by atoms with Crippen molar-refractivity contribution in [3.05, 3.63) is 42.5 Å². The fraction of sp³-hybridized carbons (Fsp3) is 0.188. The highest BCUT2D eigenvalue weighted by Crippen LogP contribution is 2.26. The third-order valence-corrected chi connectivity index (χ3v) is 2.98. The van der Waals surface area contributed by atoms with E-state index in [1.54, 1.807) is 12.1 Å². The third kappa shape index (κ3) is 4.14. The average Bonchev–Trinajstić information content (AvgIpc) is 2.42. The molecule has 0 fully saturated rings. The Labute approximate surface area is 124 Å². The van der Waals surface area contributed by atoms with Gasteiger partial charge >= 0.3 is 0 Å². The van der Waals surface area contributed by atoms with Crippen LogP contribution in [0.15, 0.2) is 42.5 Å². The molecule has 2 aromatic carbocycles. The number of nitrogens with one attached hydrogen (secondary N) is 2. The fourth-order valence-electron chi connectivity index (χ4n) is 1.98. The van der Waals surface area contributed by atoms with Crippen LogP contribution in [0.5, 0.6) is 0 Å². The molecular formula is C16H20N4O. The maximum absolute atomic E-state index is 11.6. The number of hydrogen-bond acceptors (Lipinski definition) is 4. The van der Waals surface area contributed by atoms with Gasteiger partial charge in [0.1, 0.15) is 0 Å². The van der Waals surface area contributed by atoms with Crippen LogP contribution >= 0.6 is 0 Å². The second kappa shape index (κ2) is 6.65. The van der Waals surface area contributed by atoms with Crippen molar-refractivity contribution in [3.8, 4) is 0 Å². The summed E-state index contributed by atoms with van der Waals surface area (Å²) in [6, 6.07) is 12.8. The smallest absolute Gasteiger partial charge is 0.224 e. The van der Waals surface area contributed by atoms with Crippen molar-refractivity contribution in [1.29, 1.82) is 0 Å². The summed E-state index contributed by atoms with van der Waals surface area (Å²) >= 11 is 0. The molecule has 0 spiro atoms. The second-order valence-electron chi connectivity index (χ2n) is 4.85. The minimum Gasteiger partial charge on any atom is -0.399 e. The minimum atomic E-state index is 0.0154. The lowest BCUT2D eigenvalue weighted by atomic mass is 10.2. The number of rotatable bonds is 5. The van der Waals surface area contributed by atoms with Gasteiger partial charge in [-0.25, -0.2) is 0 Å². The summed E-state index contributed by atoms with van der Waals surface area (Å²) in [6.07, 6.45) is 1.34. The summed E-state index contributed by atoms with van der Waals surface area (Å²) in [5.74, 6) is 0.0154. The van der Waals surface area contributed by atoms with Gasteiger partial charge in [-0.05, 0) is 42.8 Å². The highest BCUT2D eigenvalue weighted by atomic mass is 16.1. The van der Waals surface area contributed by atoms with Crippen LogP contribution in [0.4, 0.5) is 28.4 Å². The van der Waals surface area contributed by atoms with Gasteiger partial charge in [0.05, 0.1) is 11.4 Å². The van der Waals surface area contributed by atoms with Crippen LogP contribution in [0.1, 0.15) is 19.8 Å². The summed E-state index contributed by atoms with van der Waals surface area (Å²) < 4.78 is 0. The summed E-state index contributed by atoms with van der Waals surface area (Å²) in [4.78, 5) is 11.6. The SMILES string of the molecule is CCCC(=O)Nc1cccc(Nc2ccc(N)cc2N)c1. The Balaban J connectivity index is 2.12. The first-order chi connectivity index (χ1) is 10.1. The minimum absolute atomic E-state index is 0.0154. The predicted octanol–water partition coefficient (Wildman–Crippen LogP) is 3.33. The molecule has 5 heteroatoms. The van der Waals surface area contributed by atoms with Gasteiger partial charge in [-0.2, -0.15) is 0 Å². The van der Waals surface area contributed by atoms with Crippen LogP contribution in [-0.2, 0) is 4.79 Å². The lowest BCUT2D eigenvalue weighted by molar-refractivity contribution is -0.116. The van der Waals surface area contributed by atoms with Gasteiger partial charge < -0.3 is 22.1 Å². The van der Waals surface area contributed by atoms with Gasteiger partial charge in [0.15, 0.2) is 0 Å². The van der Waals surface area contributed by atoms with E-state index in [4.69, 9.17) is 11.5 Å². The van der Waals surface area contributed by atoms with Crippen molar-refractivity contribution in [3.63, 3.8) is 0 Å². The van der Waals surface area contributed by atoms with Crippen molar-refractivity contribution < 1.29 is 4.79 Å². The van der Waals surface area contributed by atoms with E-state index in [-0.39, 0.29) is 5.91 Å². The molecule has 0 aliphatic rings. The Morgan fingerprint density at radius 1 is 1.10 bits per heavy atom.